The summed E-state index contributed by atoms with van der Waals surface area (Å²) in [4.78, 5) is 11.5. The second-order valence-electron chi connectivity index (χ2n) is 6.55. The van der Waals surface area contributed by atoms with Crippen LogP contribution in [0.15, 0.2) is 18.2 Å². The summed E-state index contributed by atoms with van der Waals surface area (Å²) in [6, 6.07) is 5.41. The largest absolute Gasteiger partial charge is 0.444 e. The fourth-order valence-corrected chi connectivity index (χ4v) is 2.10. The number of benzene rings is 1. The molecule has 1 aromatic rings. The first-order valence-corrected chi connectivity index (χ1v) is 7.85. The van der Waals surface area contributed by atoms with Crippen LogP contribution in [0, 0.1) is 0 Å². The molecule has 2 atom stereocenters. The Balaban J connectivity index is 2.54. The van der Waals surface area contributed by atoms with Crippen molar-refractivity contribution in [3.05, 3.63) is 29.3 Å². The molecule has 0 aliphatic carbocycles. The first-order chi connectivity index (χ1) is 10.6. The third-order valence-electron chi connectivity index (χ3n) is 3.35. The molecule has 1 aromatic carbocycles. The van der Waals surface area contributed by atoms with Crippen molar-refractivity contribution in [2.24, 2.45) is 0 Å². The van der Waals surface area contributed by atoms with E-state index in [1.807, 2.05) is 13.0 Å². The number of carbonyl (C=O) groups is 1. The average Bonchev–Trinajstić information content (AvgIpc) is 2.45. The first-order valence-electron chi connectivity index (χ1n) is 7.85. The van der Waals surface area contributed by atoms with Crippen molar-refractivity contribution in [1.29, 1.82) is 0 Å². The van der Waals surface area contributed by atoms with E-state index in [0.29, 0.717) is 11.3 Å². The Hall–Kier alpha value is -1.79. The van der Waals surface area contributed by atoms with E-state index in [9.17, 15) is 15.0 Å². The number of aryl methyl sites for hydroxylation is 1. The number of nitrogens with one attached hydrogen (secondary N) is 1. The van der Waals surface area contributed by atoms with Crippen molar-refractivity contribution < 1.29 is 19.7 Å². The lowest BCUT2D eigenvalue weighted by Gasteiger charge is -2.22. The molecule has 0 aliphatic rings. The van der Waals surface area contributed by atoms with Crippen LogP contribution in [0.5, 0.6) is 0 Å². The molecule has 0 aromatic heterocycles. The van der Waals surface area contributed by atoms with Gasteiger partial charge in [0.1, 0.15) is 11.7 Å². The van der Waals surface area contributed by atoms with Crippen LogP contribution in [0.25, 0.3) is 0 Å². The fourth-order valence-electron chi connectivity index (χ4n) is 2.10. The number of rotatable bonds is 6. The van der Waals surface area contributed by atoms with E-state index >= 15 is 0 Å². The van der Waals surface area contributed by atoms with Gasteiger partial charge in [-0.15, -0.1) is 0 Å². The van der Waals surface area contributed by atoms with Gasteiger partial charge < -0.3 is 26.0 Å². The number of carbonyl (C=O) groups excluding carboxylic acids is 1. The summed E-state index contributed by atoms with van der Waals surface area (Å²) in [5.41, 5.74) is 7.28. The highest BCUT2D eigenvalue weighted by atomic mass is 16.6. The molecular weight excluding hydrogens is 296 g/mol. The maximum absolute atomic E-state index is 11.5. The number of ether oxygens (including phenoxy) is 1. The zero-order valence-electron chi connectivity index (χ0n) is 14.3. The molecule has 0 saturated carbocycles. The SMILES string of the molecule is CCc1ccc(N)c(C(O)C(O)CCNC(=O)OC(C)(C)C)c1. The van der Waals surface area contributed by atoms with Crippen LogP contribution in [0.4, 0.5) is 10.5 Å². The summed E-state index contributed by atoms with van der Waals surface area (Å²) in [5.74, 6) is 0. The minimum atomic E-state index is -1.10. The van der Waals surface area contributed by atoms with Crippen molar-refractivity contribution in [3.63, 3.8) is 0 Å². The highest BCUT2D eigenvalue weighted by Gasteiger charge is 2.21. The molecule has 1 rings (SSSR count). The monoisotopic (exact) mass is 324 g/mol. The van der Waals surface area contributed by atoms with Gasteiger partial charge in [-0.2, -0.15) is 0 Å². The van der Waals surface area contributed by atoms with E-state index in [4.69, 9.17) is 10.5 Å². The molecule has 0 radical (unpaired) electrons. The first kappa shape index (κ1) is 19.3. The molecule has 0 saturated heterocycles. The van der Waals surface area contributed by atoms with Gasteiger partial charge in [-0.1, -0.05) is 19.1 Å². The summed E-state index contributed by atoms with van der Waals surface area (Å²) in [6.07, 6.45) is -1.67. The Kier molecular flexibility index (Phi) is 6.84. The molecule has 6 nitrogen and oxygen atoms in total. The number of anilines is 1. The number of aliphatic hydroxyl groups is 2. The quantitative estimate of drug-likeness (QED) is 0.600. The normalized spacial score (nSPS) is 14.2. The van der Waals surface area contributed by atoms with E-state index in [2.05, 4.69) is 5.32 Å². The summed E-state index contributed by atoms with van der Waals surface area (Å²) >= 11 is 0. The second kappa shape index (κ2) is 8.17. The van der Waals surface area contributed by atoms with Crippen LogP contribution in [0.3, 0.4) is 0 Å². The summed E-state index contributed by atoms with van der Waals surface area (Å²) in [7, 11) is 0. The smallest absolute Gasteiger partial charge is 0.407 e. The van der Waals surface area contributed by atoms with Gasteiger partial charge in [0, 0.05) is 17.8 Å². The molecule has 0 spiro atoms. The number of alkyl carbamates (subject to hydrolysis) is 1. The molecule has 0 bridgehead atoms. The van der Waals surface area contributed by atoms with Crippen LogP contribution in [-0.4, -0.2) is 34.6 Å². The molecule has 5 N–H and O–H groups in total. The van der Waals surface area contributed by atoms with Gasteiger partial charge in [0.25, 0.3) is 0 Å². The highest BCUT2D eigenvalue weighted by Crippen LogP contribution is 2.26. The van der Waals surface area contributed by atoms with Gasteiger partial charge >= 0.3 is 6.09 Å². The number of aliphatic hydroxyl groups excluding tert-OH is 2. The lowest BCUT2D eigenvalue weighted by atomic mass is 9.97. The Morgan fingerprint density at radius 3 is 2.57 bits per heavy atom. The van der Waals surface area contributed by atoms with Crippen molar-refractivity contribution in [1.82, 2.24) is 5.32 Å². The molecule has 2 unspecified atom stereocenters. The molecule has 0 fully saturated rings. The molecule has 1 amide bonds. The zero-order chi connectivity index (χ0) is 17.6. The number of hydrogen-bond acceptors (Lipinski definition) is 5. The van der Waals surface area contributed by atoms with Crippen LogP contribution in [-0.2, 0) is 11.2 Å². The highest BCUT2D eigenvalue weighted by molar-refractivity contribution is 5.67. The maximum atomic E-state index is 11.5. The predicted molar refractivity (Wildman–Crippen MR) is 90.1 cm³/mol. The second-order valence-corrected chi connectivity index (χ2v) is 6.55. The third-order valence-corrected chi connectivity index (χ3v) is 3.35. The Morgan fingerprint density at radius 2 is 2.00 bits per heavy atom. The van der Waals surface area contributed by atoms with Gasteiger partial charge in [-0.25, -0.2) is 4.79 Å². The van der Waals surface area contributed by atoms with Crippen molar-refractivity contribution >= 4 is 11.8 Å². The number of nitrogens with two attached hydrogens (primary N) is 1. The van der Waals surface area contributed by atoms with Crippen molar-refractivity contribution in [2.75, 3.05) is 12.3 Å². The van der Waals surface area contributed by atoms with Gasteiger partial charge in [-0.3, -0.25) is 0 Å². The minimum absolute atomic E-state index is 0.191. The van der Waals surface area contributed by atoms with Crippen LogP contribution < -0.4 is 11.1 Å². The van der Waals surface area contributed by atoms with Gasteiger partial charge in [0.2, 0.25) is 0 Å². The minimum Gasteiger partial charge on any atom is -0.444 e. The van der Waals surface area contributed by atoms with Crippen LogP contribution in [0.1, 0.15) is 51.3 Å². The fraction of sp³-hybridized carbons (Fsp3) is 0.588. The van der Waals surface area contributed by atoms with E-state index in [1.54, 1.807) is 32.9 Å². The predicted octanol–water partition coefficient (Wildman–Crippen LogP) is 2.14. The topological polar surface area (TPSA) is 105 Å². The van der Waals surface area contributed by atoms with E-state index < -0.39 is 23.9 Å². The lowest BCUT2D eigenvalue weighted by molar-refractivity contribution is 0.0126. The Bertz CT molecular complexity index is 526. The molecule has 0 heterocycles. The van der Waals surface area contributed by atoms with E-state index in [1.165, 1.54) is 0 Å². The molecule has 130 valence electrons. The molecule has 0 aliphatic heterocycles. The summed E-state index contributed by atoms with van der Waals surface area (Å²) in [5, 5.41) is 22.9. The third kappa shape index (κ3) is 6.46. The van der Waals surface area contributed by atoms with E-state index in [-0.39, 0.29) is 13.0 Å². The molecular formula is C17H28N2O4. The van der Waals surface area contributed by atoms with Gasteiger partial charge in [0.05, 0.1) is 6.10 Å². The number of nitrogen functional groups attached to an aromatic ring is 1. The number of amides is 1. The standard InChI is InChI=1S/C17H28N2O4/c1-5-11-6-7-13(18)12(10-11)15(21)14(20)8-9-19-16(22)23-17(2,3)4/h6-7,10,14-15,20-21H,5,8-9,18H2,1-4H3,(H,19,22). The number of hydrogen-bond donors (Lipinski definition) is 4. The average molecular weight is 324 g/mol. The van der Waals surface area contributed by atoms with Crippen LogP contribution in [0.2, 0.25) is 0 Å². The molecule has 23 heavy (non-hydrogen) atoms. The zero-order valence-corrected chi connectivity index (χ0v) is 14.3. The van der Waals surface area contributed by atoms with Gasteiger partial charge in [-0.05, 0) is 45.2 Å². The van der Waals surface area contributed by atoms with Crippen LogP contribution >= 0.6 is 0 Å². The molecule has 6 heteroatoms. The van der Waals surface area contributed by atoms with Crippen molar-refractivity contribution in [3.8, 4) is 0 Å². The Labute approximate surface area is 137 Å². The summed E-state index contributed by atoms with van der Waals surface area (Å²) < 4.78 is 5.10. The van der Waals surface area contributed by atoms with Gasteiger partial charge in [0.15, 0.2) is 0 Å². The maximum Gasteiger partial charge on any atom is 0.407 e. The van der Waals surface area contributed by atoms with Crippen molar-refractivity contribution in [2.45, 2.75) is 58.3 Å². The lowest BCUT2D eigenvalue weighted by Crippen LogP contribution is -2.34. The summed E-state index contributed by atoms with van der Waals surface area (Å²) in [6.45, 7) is 7.52. The Morgan fingerprint density at radius 1 is 1.35 bits per heavy atom. The van der Waals surface area contributed by atoms with E-state index in [0.717, 1.165) is 12.0 Å².